The lowest BCUT2D eigenvalue weighted by molar-refractivity contribution is -0.130. The maximum Gasteiger partial charge on any atom is 0.223 e. The fourth-order valence-electron chi connectivity index (χ4n) is 1.35. The van der Waals surface area contributed by atoms with Crippen LogP contribution in [0, 0.1) is 12.3 Å². The Labute approximate surface area is 72.9 Å². The van der Waals surface area contributed by atoms with Gasteiger partial charge in [0.1, 0.15) is 0 Å². The first kappa shape index (κ1) is 9.08. The zero-order chi connectivity index (χ0) is 8.97. The monoisotopic (exact) mass is 166 g/mol. The zero-order valence-electron chi connectivity index (χ0n) is 7.12. The topological polar surface area (TPSA) is 46.3 Å². The quantitative estimate of drug-likeness (QED) is 0.585. The SMILES string of the molecule is C#CCCC(=O)N1CCC(N)C1. The van der Waals surface area contributed by atoms with E-state index in [0.29, 0.717) is 19.4 Å². The Morgan fingerprint density at radius 2 is 2.50 bits per heavy atom. The summed E-state index contributed by atoms with van der Waals surface area (Å²) in [7, 11) is 0. The fourth-order valence-corrected chi connectivity index (χ4v) is 1.35. The molecular formula is C9H14N2O. The molecule has 0 aromatic carbocycles. The molecule has 1 heterocycles. The zero-order valence-corrected chi connectivity index (χ0v) is 7.12. The fraction of sp³-hybridized carbons (Fsp3) is 0.667. The van der Waals surface area contributed by atoms with Crippen LogP contribution in [0.25, 0.3) is 0 Å². The van der Waals surface area contributed by atoms with Gasteiger partial charge in [0.25, 0.3) is 0 Å². The van der Waals surface area contributed by atoms with Crippen molar-refractivity contribution < 1.29 is 4.79 Å². The maximum atomic E-state index is 11.3. The van der Waals surface area contributed by atoms with Gasteiger partial charge < -0.3 is 10.6 Å². The minimum atomic E-state index is 0.140. The molecule has 12 heavy (non-hydrogen) atoms. The van der Waals surface area contributed by atoms with Crippen molar-refractivity contribution in [1.82, 2.24) is 4.90 Å². The summed E-state index contributed by atoms with van der Waals surface area (Å²) in [5, 5.41) is 0. The number of terminal acetylenes is 1. The van der Waals surface area contributed by atoms with Gasteiger partial charge in [-0.3, -0.25) is 4.79 Å². The van der Waals surface area contributed by atoms with E-state index in [0.717, 1.165) is 13.0 Å². The lowest BCUT2D eigenvalue weighted by atomic mass is 10.3. The van der Waals surface area contributed by atoms with Crippen LogP contribution in [0.2, 0.25) is 0 Å². The van der Waals surface area contributed by atoms with Crippen LogP contribution in [-0.2, 0) is 4.79 Å². The van der Waals surface area contributed by atoms with Crippen LogP contribution in [0.3, 0.4) is 0 Å². The van der Waals surface area contributed by atoms with Crippen molar-refractivity contribution in [3.63, 3.8) is 0 Å². The smallest absolute Gasteiger partial charge is 0.223 e. The van der Waals surface area contributed by atoms with E-state index in [2.05, 4.69) is 5.92 Å². The minimum absolute atomic E-state index is 0.140. The highest BCUT2D eigenvalue weighted by Gasteiger charge is 2.22. The summed E-state index contributed by atoms with van der Waals surface area (Å²) in [5.74, 6) is 2.59. The van der Waals surface area contributed by atoms with E-state index in [1.165, 1.54) is 0 Å². The molecule has 1 saturated heterocycles. The van der Waals surface area contributed by atoms with Crippen molar-refractivity contribution in [1.29, 1.82) is 0 Å². The van der Waals surface area contributed by atoms with E-state index >= 15 is 0 Å². The third-order valence-electron chi connectivity index (χ3n) is 2.06. The van der Waals surface area contributed by atoms with Crippen LogP contribution < -0.4 is 5.73 Å². The van der Waals surface area contributed by atoms with Gasteiger partial charge in [-0.25, -0.2) is 0 Å². The molecular weight excluding hydrogens is 152 g/mol. The van der Waals surface area contributed by atoms with E-state index in [1.807, 2.05) is 0 Å². The van der Waals surface area contributed by atoms with Crippen molar-refractivity contribution >= 4 is 5.91 Å². The van der Waals surface area contributed by atoms with Crippen molar-refractivity contribution in [3.05, 3.63) is 0 Å². The molecule has 1 amide bonds. The lowest BCUT2D eigenvalue weighted by Crippen LogP contribution is -2.31. The number of amides is 1. The lowest BCUT2D eigenvalue weighted by Gasteiger charge is -2.14. The highest BCUT2D eigenvalue weighted by Crippen LogP contribution is 2.08. The van der Waals surface area contributed by atoms with Crippen LogP contribution in [0.15, 0.2) is 0 Å². The summed E-state index contributed by atoms with van der Waals surface area (Å²) in [5.41, 5.74) is 5.66. The van der Waals surface area contributed by atoms with Crippen molar-refractivity contribution in [2.45, 2.75) is 25.3 Å². The van der Waals surface area contributed by atoms with Crippen molar-refractivity contribution in [2.24, 2.45) is 5.73 Å². The summed E-state index contributed by atoms with van der Waals surface area (Å²) in [6.07, 6.45) is 6.97. The molecule has 3 heteroatoms. The molecule has 0 aromatic heterocycles. The molecule has 1 aliphatic rings. The largest absolute Gasteiger partial charge is 0.341 e. The van der Waals surface area contributed by atoms with Crippen molar-refractivity contribution in [3.8, 4) is 12.3 Å². The Bertz CT molecular complexity index is 207. The number of likely N-dealkylation sites (tertiary alicyclic amines) is 1. The van der Waals surface area contributed by atoms with Gasteiger partial charge in [-0.1, -0.05) is 0 Å². The normalized spacial score (nSPS) is 22.3. The predicted octanol–water partition coefficient (Wildman–Crippen LogP) is -0.0406. The summed E-state index contributed by atoms with van der Waals surface area (Å²) in [4.78, 5) is 13.1. The molecule has 66 valence electrons. The highest BCUT2D eigenvalue weighted by atomic mass is 16.2. The second-order valence-electron chi connectivity index (χ2n) is 3.09. The summed E-state index contributed by atoms with van der Waals surface area (Å²) >= 11 is 0. The van der Waals surface area contributed by atoms with Crippen LogP contribution in [0.5, 0.6) is 0 Å². The number of nitrogens with zero attached hydrogens (tertiary/aromatic N) is 1. The molecule has 2 N–H and O–H groups in total. The second-order valence-corrected chi connectivity index (χ2v) is 3.09. The molecule has 0 radical (unpaired) electrons. The highest BCUT2D eigenvalue weighted by molar-refractivity contribution is 5.76. The number of carbonyl (C=O) groups is 1. The number of nitrogens with two attached hydrogens (primary N) is 1. The number of hydrogen-bond donors (Lipinski definition) is 1. The molecule has 0 spiro atoms. The van der Waals surface area contributed by atoms with E-state index in [9.17, 15) is 4.79 Å². The van der Waals surface area contributed by atoms with Gasteiger partial charge >= 0.3 is 0 Å². The summed E-state index contributed by atoms with van der Waals surface area (Å²) in [6, 6.07) is 0.166. The second kappa shape index (κ2) is 4.13. The molecule has 0 saturated carbocycles. The maximum absolute atomic E-state index is 11.3. The van der Waals surface area contributed by atoms with Gasteiger partial charge in [0, 0.05) is 32.0 Å². The number of rotatable bonds is 2. The summed E-state index contributed by atoms with van der Waals surface area (Å²) < 4.78 is 0. The molecule has 1 aliphatic heterocycles. The third-order valence-corrected chi connectivity index (χ3v) is 2.06. The third kappa shape index (κ3) is 2.24. The first-order chi connectivity index (χ1) is 5.74. The Balaban J connectivity index is 2.29. The molecule has 1 unspecified atom stereocenters. The Hall–Kier alpha value is -1.01. The Morgan fingerprint density at radius 1 is 1.75 bits per heavy atom. The summed E-state index contributed by atoms with van der Waals surface area (Å²) in [6.45, 7) is 1.49. The Kier molecular flexibility index (Phi) is 3.12. The number of carbonyl (C=O) groups excluding carboxylic acids is 1. The predicted molar refractivity (Wildman–Crippen MR) is 47.2 cm³/mol. The molecule has 0 aliphatic carbocycles. The molecule has 0 aromatic rings. The van der Waals surface area contributed by atoms with Gasteiger partial charge in [-0.2, -0.15) is 0 Å². The van der Waals surface area contributed by atoms with Gasteiger partial charge in [0.2, 0.25) is 5.91 Å². The van der Waals surface area contributed by atoms with E-state index in [1.54, 1.807) is 4.90 Å². The van der Waals surface area contributed by atoms with Crippen molar-refractivity contribution in [2.75, 3.05) is 13.1 Å². The van der Waals surface area contributed by atoms with Crippen LogP contribution >= 0.6 is 0 Å². The minimum Gasteiger partial charge on any atom is -0.341 e. The molecule has 1 atom stereocenters. The van der Waals surface area contributed by atoms with Crippen LogP contribution in [0.1, 0.15) is 19.3 Å². The first-order valence-electron chi connectivity index (χ1n) is 4.21. The van der Waals surface area contributed by atoms with E-state index in [4.69, 9.17) is 12.2 Å². The molecule has 3 nitrogen and oxygen atoms in total. The average molecular weight is 166 g/mol. The molecule has 1 fully saturated rings. The van der Waals surface area contributed by atoms with Gasteiger partial charge in [0.05, 0.1) is 0 Å². The van der Waals surface area contributed by atoms with E-state index in [-0.39, 0.29) is 11.9 Å². The Morgan fingerprint density at radius 3 is 3.00 bits per heavy atom. The number of hydrogen-bond acceptors (Lipinski definition) is 2. The standard InChI is InChI=1S/C9H14N2O/c1-2-3-4-9(12)11-6-5-8(10)7-11/h1,8H,3-7,10H2. The van der Waals surface area contributed by atoms with Gasteiger partial charge in [-0.05, 0) is 6.42 Å². The average Bonchev–Trinajstić information content (AvgIpc) is 2.47. The van der Waals surface area contributed by atoms with Gasteiger partial charge in [0.15, 0.2) is 0 Å². The van der Waals surface area contributed by atoms with E-state index < -0.39 is 0 Å². The molecule has 1 rings (SSSR count). The van der Waals surface area contributed by atoms with Gasteiger partial charge in [-0.15, -0.1) is 12.3 Å². The van der Waals surface area contributed by atoms with Crippen LogP contribution in [-0.4, -0.2) is 29.9 Å². The first-order valence-corrected chi connectivity index (χ1v) is 4.21. The van der Waals surface area contributed by atoms with Crippen LogP contribution in [0.4, 0.5) is 0 Å². The molecule has 0 bridgehead atoms.